The van der Waals surface area contributed by atoms with Crippen LogP contribution >= 0.6 is 0 Å². The van der Waals surface area contributed by atoms with Crippen molar-refractivity contribution in [2.24, 2.45) is 5.92 Å². The van der Waals surface area contributed by atoms with Crippen molar-refractivity contribution in [1.29, 1.82) is 0 Å². The molecular weight excluding hydrogens is 406 g/mol. The smallest absolute Gasteiger partial charge is 0.224 e. The van der Waals surface area contributed by atoms with Gasteiger partial charge >= 0.3 is 0 Å². The highest BCUT2D eigenvalue weighted by molar-refractivity contribution is 5.95. The van der Waals surface area contributed by atoms with Crippen molar-refractivity contribution in [3.8, 4) is 0 Å². The first-order valence-electron chi connectivity index (χ1n) is 12.1. The Morgan fingerprint density at radius 3 is 2.79 bits per heavy atom. The van der Waals surface area contributed by atoms with Crippen LogP contribution in [0.2, 0.25) is 0 Å². The number of aromatic nitrogens is 1. The lowest BCUT2D eigenvalue weighted by atomic mass is 9.90. The maximum Gasteiger partial charge on any atom is 0.224 e. The minimum atomic E-state index is 0.0546. The lowest BCUT2D eigenvalue weighted by Crippen LogP contribution is -2.27. The number of benzene rings is 2. The summed E-state index contributed by atoms with van der Waals surface area (Å²) < 4.78 is 2.48. The Bertz CT molecular complexity index is 1250. The number of amides is 1. The minimum absolute atomic E-state index is 0.0546. The van der Waals surface area contributed by atoms with Gasteiger partial charge in [0.05, 0.1) is 0 Å². The summed E-state index contributed by atoms with van der Waals surface area (Å²) in [7, 11) is 2.04. The number of carbonyl (C=O) groups excluding carboxylic acids is 1. The highest BCUT2D eigenvalue weighted by atomic mass is 16.1. The molecule has 33 heavy (non-hydrogen) atoms. The highest BCUT2D eigenvalue weighted by Crippen LogP contribution is 2.37. The summed E-state index contributed by atoms with van der Waals surface area (Å²) in [4.78, 5) is 15.0. The zero-order valence-corrected chi connectivity index (χ0v) is 19.7. The first-order valence-corrected chi connectivity index (χ1v) is 12.1. The number of fused-ring (bicyclic) bond motifs is 4. The summed E-state index contributed by atoms with van der Waals surface area (Å²) in [5.41, 5.74) is 8.55. The predicted molar refractivity (Wildman–Crippen MR) is 137 cm³/mol. The second-order valence-corrected chi connectivity index (χ2v) is 9.52. The van der Waals surface area contributed by atoms with Gasteiger partial charge in [-0.25, -0.2) is 0 Å². The summed E-state index contributed by atoms with van der Waals surface area (Å²) in [5.74, 6) is 0.778. The molecule has 0 unspecified atom stereocenters. The molecule has 170 valence electrons. The fourth-order valence-corrected chi connectivity index (χ4v) is 5.56. The molecular formula is C29H33N3O. The van der Waals surface area contributed by atoms with Gasteiger partial charge in [0.2, 0.25) is 5.91 Å². The summed E-state index contributed by atoms with van der Waals surface area (Å²) in [5, 5.41) is 4.41. The third-order valence-corrected chi connectivity index (χ3v) is 7.30. The van der Waals surface area contributed by atoms with Crippen molar-refractivity contribution in [1.82, 2.24) is 9.88 Å². The predicted octanol–water partition coefficient (Wildman–Crippen LogP) is 5.71. The fourth-order valence-electron chi connectivity index (χ4n) is 5.56. The minimum Gasteiger partial charge on any atom is -0.352 e. The molecule has 3 aromatic rings. The Morgan fingerprint density at radius 2 is 1.94 bits per heavy atom. The molecule has 2 aromatic carbocycles. The van der Waals surface area contributed by atoms with Crippen molar-refractivity contribution < 1.29 is 4.79 Å². The van der Waals surface area contributed by atoms with Crippen LogP contribution in [-0.2, 0) is 24.2 Å². The average Bonchev–Trinajstić information content (AvgIpc) is 3.16. The van der Waals surface area contributed by atoms with Crippen molar-refractivity contribution in [2.45, 2.75) is 45.6 Å². The molecule has 0 saturated carbocycles. The largest absolute Gasteiger partial charge is 0.352 e. The van der Waals surface area contributed by atoms with Crippen LogP contribution in [0.15, 0.2) is 66.9 Å². The van der Waals surface area contributed by atoms with E-state index < -0.39 is 0 Å². The molecule has 1 atom stereocenters. The normalized spacial score (nSPS) is 17.3. The molecule has 1 amide bonds. The molecule has 0 spiro atoms. The molecule has 0 aliphatic carbocycles. The molecule has 2 aliphatic rings. The molecule has 0 radical (unpaired) electrons. The van der Waals surface area contributed by atoms with Crippen LogP contribution in [-0.4, -0.2) is 24.1 Å². The zero-order valence-electron chi connectivity index (χ0n) is 19.7. The van der Waals surface area contributed by atoms with Gasteiger partial charge in [-0.1, -0.05) is 56.3 Å². The molecule has 5 rings (SSSR count). The number of carbonyl (C=O) groups is 1. The molecule has 1 aromatic heterocycles. The van der Waals surface area contributed by atoms with Crippen LogP contribution in [0.3, 0.4) is 0 Å². The molecule has 3 heterocycles. The number of aryl methyl sites for hydroxylation is 1. The van der Waals surface area contributed by atoms with E-state index in [1.165, 1.54) is 46.3 Å². The van der Waals surface area contributed by atoms with Crippen LogP contribution in [0.25, 0.3) is 16.5 Å². The van der Waals surface area contributed by atoms with E-state index in [0.29, 0.717) is 13.0 Å². The van der Waals surface area contributed by atoms with Gasteiger partial charge < -0.3 is 14.8 Å². The highest BCUT2D eigenvalue weighted by Gasteiger charge is 2.25. The third-order valence-electron chi connectivity index (χ3n) is 7.30. The average molecular weight is 440 g/mol. The zero-order chi connectivity index (χ0) is 22.9. The van der Waals surface area contributed by atoms with Gasteiger partial charge in [-0.05, 0) is 54.0 Å². The Balaban J connectivity index is 1.30. The van der Waals surface area contributed by atoms with Gasteiger partial charge in [-0.15, -0.1) is 0 Å². The van der Waals surface area contributed by atoms with E-state index in [1.54, 1.807) is 0 Å². The molecule has 4 nitrogen and oxygen atoms in total. The summed E-state index contributed by atoms with van der Waals surface area (Å²) in [6, 6.07) is 17.0. The monoisotopic (exact) mass is 439 g/mol. The lowest BCUT2D eigenvalue weighted by molar-refractivity contribution is -0.120. The van der Waals surface area contributed by atoms with E-state index in [1.807, 2.05) is 7.05 Å². The van der Waals surface area contributed by atoms with Crippen LogP contribution in [0.4, 0.5) is 5.69 Å². The number of anilines is 1. The van der Waals surface area contributed by atoms with E-state index in [-0.39, 0.29) is 5.91 Å². The van der Waals surface area contributed by atoms with Crippen molar-refractivity contribution >= 4 is 28.1 Å². The SMILES string of the molecule is C=C(CNC(=O)CC1=CN(C)c2ccccc2C1)c1c2n(c3ccccc13)CC[C@H](CC)C2. The molecule has 4 heteroatoms. The summed E-state index contributed by atoms with van der Waals surface area (Å²) in [6.45, 7) is 8.25. The van der Waals surface area contributed by atoms with E-state index in [4.69, 9.17) is 0 Å². The molecule has 2 aliphatic heterocycles. The molecule has 0 bridgehead atoms. The van der Waals surface area contributed by atoms with Crippen molar-refractivity contribution in [3.63, 3.8) is 0 Å². The topological polar surface area (TPSA) is 37.3 Å². The Morgan fingerprint density at radius 1 is 1.15 bits per heavy atom. The van der Waals surface area contributed by atoms with Crippen LogP contribution < -0.4 is 10.2 Å². The van der Waals surface area contributed by atoms with E-state index in [9.17, 15) is 4.79 Å². The van der Waals surface area contributed by atoms with Gasteiger partial charge in [0.1, 0.15) is 0 Å². The van der Waals surface area contributed by atoms with Crippen molar-refractivity contribution in [3.05, 3.63) is 83.7 Å². The Hall–Kier alpha value is -3.27. The van der Waals surface area contributed by atoms with Gasteiger partial charge in [-0.2, -0.15) is 0 Å². The number of hydrogen-bond donors (Lipinski definition) is 1. The quantitative estimate of drug-likeness (QED) is 0.534. The number of para-hydroxylation sites is 2. The maximum atomic E-state index is 12.8. The first-order chi connectivity index (χ1) is 16.0. The van der Waals surface area contributed by atoms with Gasteiger partial charge in [-0.3, -0.25) is 4.79 Å². The Labute approximate surface area is 196 Å². The fraction of sp³-hybridized carbons (Fsp3) is 0.345. The number of nitrogens with one attached hydrogen (secondary N) is 1. The maximum absolute atomic E-state index is 12.8. The first kappa shape index (κ1) is 21.6. The van der Waals surface area contributed by atoms with E-state index in [0.717, 1.165) is 36.5 Å². The van der Waals surface area contributed by atoms with Gasteiger partial charge in [0, 0.05) is 60.6 Å². The standard InChI is InChI=1S/C29H33N3O/c1-4-21-13-14-32-26-12-8-6-10-24(26)29(27(32)16-21)20(2)18-30-28(33)17-22-15-23-9-5-7-11-25(23)31(3)19-22/h5-12,19,21H,2,4,13-18H2,1,3H3,(H,30,33)/t21-/m0/s1. The summed E-state index contributed by atoms with van der Waals surface area (Å²) in [6.07, 6.45) is 6.86. The van der Waals surface area contributed by atoms with Gasteiger partial charge in [0.15, 0.2) is 0 Å². The second-order valence-electron chi connectivity index (χ2n) is 9.52. The van der Waals surface area contributed by atoms with Gasteiger partial charge in [0.25, 0.3) is 0 Å². The van der Waals surface area contributed by atoms with E-state index in [2.05, 4.69) is 83.0 Å². The third kappa shape index (κ3) is 4.10. The van der Waals surface area contributed by atoms with E-state index >= 15 is 0 Å². The second kappa shape index (κ2) is 8.93. The number of nitrogens with zero attached hydrogens (tertiary/aromatic N) is 2. The molecule has 1 N–H and O–H groups in total. The van der Waals surface area contributed by atoms with Crippen LogP contribution in [0.1, 0.15) is 43.0 Å². The molecule has 0 fully saturated rings. The number of rotatable bonds is 6. The van der Waals surface area contributed by atoms with Crippen LogP contribution in [0, 0.1) is 5.92 Å². The summed E-state index contributed by atoms with van der Waals surface area (Å²) >= 11 is 0. The van der Waals surface area contributed by atoms with Crippen LogP contribution in [0.5, 0.6) is 0 Å². The lowest BCUT2D eigenvalue weighted by Gasteiger charge is -2.26. The Kier molecular flexibility index (Phi) is 5.84. The molecule has 0 saturated heterocycles. The number of hydrogen-bond acceptors (Lipinski definition) is 2. The van der Waals surface area contributed by atoms with Crippen molar-refractivity contribution in [2.75, 3.05) is 18.5 Å².